The second-order valence-corrected chi connectivity index (χ2v) is 6.24. The van der Waals surface area contributed by atoms with E-state index in [2.05, 4.69) is 50.4 Å². The van der Waals surface area contributed by atoms with Crippen molar-refractivity contribution in [2.45, 2.75) is 64.5 Å². The molecule has 106 valence electrons. The smallest absolute Gasteiger partial charge is 0.0646 e. The van der Waals surface area contributed by atoms with Crippen LogP contribution >= 0.6 is 0 Å². The van der Waals surface area contributed by atoms with E-state index in [0.29, 0.717) is 6.04 Å². The Labute approximate surface area is 117 Å². The first-order valence-corrected chi connectivity index (χ1v) is 7.58. The molecule has 1 aliphatic rings. The molecule has 0 bridgehead atoms. The number of benzene rings is 1. The predicted octanol–water partition coefficient (Wildman–Crippen LogP) is 4.40. The quantitative estimate of drug-likeness (QED) is 0.848. The lowest BCUT2D eigenvalue weighted by atomic mass is 9.94. The Morgan fingerprint density at radius 2 is 2.00 bits per heavy atom. The maximum atomic E-state index is 5.76. The topological polar surface area (TPSA) is 21.3 Å². The number of rotatable bonds is 5. The van der Waals surface area contributed by atoms with Gasteiger partial charge in [0.15, 0.2) is 0 Å². The Morgan fingerprint density at radius 1 is 1.26 bits per heavy atom. The lowest BCUT2D eigenvalue weighted by molar-refractivity contribution is -0.0553. The molecule has 0 spiro atoms. The zero-order valence-electron chi connectivity index (χ0n) is 12.5. The van der Waals surface area contributed by atoms with Crippen LogP contribution in [0.5, 0.6) is 0 Å². The van der Waals surface area contributed by atoms with Crippen LogP contribution in [0.15, 0.2) is 24.3 Å². The highest BCUT2D eigenvalue weighted by molar-refractivity contribution is 5.45. The van der Waals surface area contributed by atoms with Gasteiger partial charge in [-0.05, 0) is 57.2 Å². The first-order valence-electron chi connectivity index (χ1n) is 7.58. The van der Waals surface area contributed by atoms with Crippen LogP contribution in [0.2, 0.25) is 0 Å². The molecule has 0 aromatic heterocycles. The van der Waals surface area contributed by atoms with Gasteiger partial charge in [-0.2, -0.15) is 0 Å². The average molecular weight is 261 g/mol. The van der Waals surface area contributed by atoms with Crippen LogP contribution in [0.25, 0.3) is 0 Å². The molecule has 1 saturated heterocycles. The molecule has 2 heteroatoms. The summed E-state index contributed by atoms with van der Waals surface area (Å²) in [4.78, 5) is 0. The van der Waals surface area contributed by atoms with E-state index in [1.807, 2.05) is 0 Å². The fourth-order valence-electron chi connectivity index (χ4n) is 2.74. The number of hydrogen-bond donors (Lipinski definition) is 1. The molecule has 1 fully saturated rings. The van der Waals surface area contributed by atoms with Crippen LogP contribution in [0, 0.1) is 0 Å². The van der Waals surface area contributed by atoms with Gasteiger partial charge < -0.3 is 10.1 Å². The van der Waals surface area contributed by atoms with Gasteiger partial charge in [-0.25, -0.2) is 0 Å². The molecule has 1 atom stereocenters. The predicted molar refractivity (Wildman–Crippen MR) is 81.7 cm³/mol. The van der Waals surface area contributed by atoms with Gasteiger partial charge in [-0.1, -0.05) is 25.5 Å². The van der Waals surface area contributed by atoms with Crippen molar-refractivity contribution in [3.8, 4) is 0 Å². The van der Waals surface area contributed by atoms with Crippen molar-refractivity contribution in [2.75, 3.05) is 11.9 Å². The van der Waals surface area contributed by atoms with E-state index in [1.165, 1.54) is 30.5 Å². The van der Waals surface area contributed by atoms with Gasteiger partial charge in [0.2, 0.25) is 0 Å². The summed E-state index contributed by atoms with van der Waals surface area (Å²) in [7, 11) is 0. The van der Waals surface area contributed by atoms with Gasteiger partial charge >= 0.3 is 0 Å². The minimum Gasteiger partial charge on any atom is -0.382 e. The summed E-state index contributed by atoms with van der Waals surface area (Å²) < 4.78 is 5.76. The SMILES string of the molecule is CCCCc1ccc(NC2CCOC(C)(C)C2)cc1. The van der Waals surface area contributed by atoms with Crippen molar-refractivity contribution in [1.82, 2.24) is 0 Å². The molecule has 1 aromatic rings. The summed E-state index contributed by atoms with van der Waals surface area (Å²) in [6, 6.07) is 9.47. The molecule has 0 amide bonds. The van der Waals surface area contributed by atoms with Gasteiger partial charge in [-0.15, -0.1) is 0 Å². The monoisotopic (exact) mass is 261 g/mol. The van der Waals surface area contributed by atoms with E-state index in [1.54, 1.807) is 0 Å². The van der Waals surface area contributed by atoms with Crippen LogP contribution in [0.4, 0.5) is 5.69 Å². The Morgan fingerprint density at radius 3 is 2.63 bits per heavy atom. The lowest BCUT2D eigenvalue weighted by Crippen LogP contribution is -2.40. The molecule has 1 heterocycles. The summed E-state index contributed by atoms with van der Waals surface area (Å²) in [6.45, 7) is 7.45. The lowest BCUT2D eigenvalue weighted by Gasteiger charge is -2.36. The molecular weight excluding hydrogens is 234 g/mol. The fraction of sp³-hybridized carbons (Fsp3) is 0.647. The van der Waals surface area contributed by atoms with Crippen LogP contribution < -0.4 is 5.32 Å². The first-order chi connectivity index (χ1) is 9.09. The summed E-state index contributed by atoms with van der Waals surface area (Å²) >= 11 is 0. The number of aryl methyl sites for hydroxylation is 1. The van der Waals surface area contributed by atoms with E-state index in [0.717, 1.165) is 19.4 Å². The maximum Gasteiger partial charge on any atom is 0.0646 e. The van der Waals surface area contributed by atoms with Crippen LogP contribution in [0.3, 0.4) is 0 Å². The van der Waals surface area contributed by atoms with E-state index in [-0.39, 0.29) is 5.60 Å². The Kier molecular flexibility index (Phi) is 4.87. The van der Waals surface area contributed by atoms with Crippen molar-refractivity contribution < 1.29 is 4.74 Å². The molecule has 0 radical (unpaired) electrons. The molecule has 1 unspecified atom stereocenters. The highest BCUT2D eigenvalue weighted by atomic mass is 16.5. The number of nitrogens with one attached hydrogen (secondary N) is 1. The summed E-state index contributed by atoms with van der Waals surface area (Å²) in [5.74, 6) is 0. The van der Waals surface area contributed by atoms with Crippen molar-refractivity contribution in [3.63, 3.8) is 0 Å². The zero-order chi connectivity index (χ0) is 13.7. The average Bonchev–Trinajstić information content (AvgIpc) is 2.37. The molecule has 0 saturated carbocycles. The second kappa shape index (κ2) is 6.42. The third-order valence-electron chi connectivity index (χ3n) is 3.84. The van der Waals surface area contributed by atoms with E-state index < -0.39 is 0 Å². The van der Waals surface area contributed by atoms with Crippen LogP contribution in [-0.4, -0.2) is 18.2 Å². The van der Waals surface area contributed by atoms with Gasteiger partial charge in [0.1, 0.15) is 0 Å². The molecule has 19 heavy (non-hydrogen) atoms. The highest BCUT2D eigenvalue weighted by Gasteiger charge is 2.28. The van der Waals surface area contributed by atoms with E-state index in [9.17, 15) is 0 Å². The molecule has 1 aromatic carbocycles. The number of ether oxygens (including phenoxy) is 1. The van der Waals surface area contributed by atoms with E-state index in [4.69, 9.17) is 4.74 Å². The van der Waals surface area contributed by atoms with Gasteiger partial charge in [-0.3, -0.25) is 0 Å². The standard InChI is InChI=1S/C17H27NO/c1-4-5-6-14-7-9-15(10-8-14)18-16-11-12-19-17(2,3)13-16/h7-10,16,18H,4-6,11-13H2,1-3H3. The minimum atomic E-state index is 0.0109. The largest absolute Gasteiger partial charge is 0.382 e. The Bertz CT molecular complexity index is 383. The number of anilines is 1. The van der Waals surface area contributed by atoms with Crippen molar-refractivity contribution in [2.24, 2.45) is 0 Å². The molecule has 2 rings (SSSR count). The van der Waals surface area contributed by atoms with Crippen LogP contribution in [-0.2, 0) is 11.2 Å². The summed E-state index contributed by atoms with van der Waals surface area (Å²) in [5.41, 5.74) is 2.69. The van der Waals surface area contributed by atoms with Crippen LogP contribution in [0.1, 0.15) is 52.0 Å². The third-order valence-corrected chi connectivity index (χ3v) is 3.84. The number of hydrogen-bond acceptors (Lipinski definition) is 2. The first kappa shape index (κ1) is 14.4. The second-order valence-electron chi connectivity index (χ2n) is 6.24. The minimum absolute atomic E-state index is 0.0109. The zero-order valence-corrected chi connectivity index (χ0v) is 12.5. The third kappa shape index (κ3) is 4.54. The maximum absolute atomic E-state index is 5.76. The fourth-order valence-corrected chi connectivity index (χ4v) is 2.74. The van der Waals surface area contributed by atoms with Crippen molar-refractivity contribution in [3.05, 3.63) is 29.8 Å². The molecule has 2 nitrogen and oxygen atoms in total. The molecule has 1 aliphatic heterocycles. The molecular formula is C17H27NO. The van der Waals surface area contributed by atoms with Crippen molar-refractivity contribution in [1.29, 1.82) is 0 Å². The molecule has 1 N–H and O–H groups in total. The van der Waals surface area contributed by atoms with Gasteiger partial charge in [0, 0.05) is 18.3 Å². The van der Waals surface area contributed by atoms with Gasteiger partial charge in [0.05, 0.1) is 5.60 Å². The van der Waals surface area contributed by atoms with Gasteiger partial charge in [0.25, 0.3) is 0 Å². The van der Waals surface area contributed by atoms with Crippen molar-refractivity contribution >= 4 is 5.69 Å². The normalized spacial score (nSPS) is 22.2. The summed E-state index contributed by atoms with van der Waals surface area (Å²) in [5, 5.41) is 3.64. The highest BCUT2D eigenvalue weighted by Crippen LogP contribution is 2.26. The Hall–Kier alpha value is -1.02. The molecule has 0 aliphatic carbocycles. The number of unbranched alkanes of at least 4 members (excludes halogenated alkanes) is 1. The summed E-state index contributed by atoms with van der Waals surface area (Å²) in [6.07, 6.45) is 5.91. The Balaban J connectivity index is 1.88. The van der Waals surface area contributed by atoms with E-state index >= 15 is 0 Å².